The second-order valence-electron chi connectivity index (χ2n) is 5.65. The molecule has 0 aliphatic carbocycles. The Hall–Kier alpha value is -3.81. The maximum absolute atomic E-state index is 14.3. The summed E-state index contributed by atoms with van der Waals surface area (Å²) in [7, 11) is 0. The first kappa shape index (κ1) is 16.6. The van der Waals surface area contributed by atoms with Crippen LogP contribution in [0.5, 0.6) is 0 Å². The van der Waals surface area contributed by atoms with Crippen molar-refractivity contribution in [2.45, 2.75) is 0 Å². The minimum absolute atomic E-state index is 0.0250. The van der Waals surface area contributed by atoms with Gasteiger partial charge in [-0.25, -0.2) is 18.4 Å². The van der Waals surface area contributed by atoms with Gasteiger partial charge in [0.1, 0.15) is 22.9 Å². The summed E-state index contributed by atoms with van der Waals surface area (Å²) in [5, 5.41) is 6.83. The molecule has 0 bridgehead atoms. The van der Waals surface area contributed by atoms with E-state index in [0.717, 1.165) is 12.1 Å². The molecule has 0 spiro atoms. The number of benzene rings is 1. The Bertz CT molecular complexity index is 1090. The number of nitrogens with one attached hydrogen (secondary N) is 1. The van der Waals surface area contributed by atoms with Crippen molar-refractivity contribution in [2.24, 2.45) is 0 Å². The van der Waals surface area contributed by atoms with Crippen molar-refractivity contribution in [3.8, 4) is 11.5 Å². The molecule has 0 aliphatic rings. The van der Waals surface area contributed by atoms with E-state index in [0.29, 0.717) is 11.6 Å². The summed E-state index contributed by atoms with van der Waals surface area (Å²) >= 11 is 0. The van der Waals surface area contributed by atoms with Crippen molar-refractivity contribution in [2.75, 3.05) is 5.32 Å². The largest absolute Gasteiger partial charge is 0.308 e. The van der Waals surface area contributed by atoms with Gasteiger partial charge in [0, 0.05) is 24.7 Å². The summed E-state index contributed by atoms with van der Waals surface area (Å²) in [6.07, 6.45) is 6.29. The number of amides is 1. The SMILES string of the molecule is O=C(Nc1ccccn1)c1cnn(-c2ccc(F)cc2F)c1-n1cccc1. The van der Waals surface area contributed by atoms with Gasteiger partial charge in [0.05, 0.1) is 6.20 Å². The lowest BCUT2D eigenvalue weighted by Crippen LogP contribution is -2.16. The zero-order valence-electron chi connectivity index (χ0n) is 13.9. The van der Waals surface area contributed by atoms with Crippen LogP contribution in [-0.2, 0) is 0 Å². The Morgan fingerprint density at radius 2 is 1.85 bits per heavy atom. The van der Waals surface area contributed by atoms with Crippen molar-refractivity contribution >= 4 is 11.7 Å². The third-order valence-corrected chi connectivity index (χ3v) is 3.88. The Kier molecular flexibility index (Phi) is 4.21. The number of anilines is 1. The van der Waals surface area contributed by atoms with Crippen LogP contribution >= 0.6 is 0 Å². The van der Waals surface area contributed by atoms with E-state index in [2.05, 4.69) is 15.4 Å². The first-order valence-electron chi connectivity index (χ1n) is 8.02. The average Bonchev–Trinajstić information content (AvgIpc) is 3.32. The Morgan fingerprint density at radius 1 is 1.04 bits per heavy atom. The molecule has 0 saturated carbocycles. The van der Waals surface area contributed by atoms with Crippen molar-refractivity contribution in [1.29, 1.82) is 0 Å². The third-order valence-electron chi connectivity index (χ3n) is 3.88. The number of rotatable bonds is 4. The van der Waals surface area contributed by atoms with E-state index in [1.165, 1.54) is 16.9 Å². The van der Waals surface area contributed by atoms with Crippen LogP contribution in [0.2, 0.25) is 0 Å². The van der Waals surface area contributed by atoms with Crippen LogP contribution < -0.4 is 5.32 Å². The van der Waals surface area contributed by atoms with Gasteiger partial charge in [-0.2, -0.15) is 5.10 Å². The monoisotopic (exact) mass is 365 g/mol. The van der Waals surface area contributed by atoms with Crippen LogP contribution in [0.3, 0.4) is 0 Å². The lowest BCUT2D eigenvalue weighted by molar-refractivity contribution is 0.102. The van der Waals surface area contributed by atoms with Gasteiger partial charge in [-0.3, -0.25) is 4.79 Å². The molecule has 27 heavy (non-hydrogen) atoms. The first-order chi connectivity index (χ1) is 13.1. The van der Waals surface area contributed by atoms with Crippen LogP contribution in [-0.4, -0.2) is 25.2 Å². The van der Waals surface area contributed by atoms with Gasteiger partial charge >= 0.3 is 0 Å². The second kappa shape index (κ2) is 6.83. The number of halogens is 2. The van der Waals surface area contributed by atoms with E-state index < -0.39 is 17.5 Å². The molecule has 1 aromatic carbocycles. The molecular formula is C19H13F2N5O. The number of nitrogens with zero attached hydrogens (tertiary/aromatic N) is 4. The van der Waals surface area contributed by atoms with E-state index in [-0.39, 0.29) is 11.3 Å². The molecule has 3 aromatic heterocycles. The van der Waals surface area contributed by atoms with Crippen LogP contribution in [0.4, 0.5) is 14.6 Å². The predicted octanol–water partition coefficient (Wildman–Crippen LogP) is 3.59. The highest BCUT2D eigenvalue weighted by Gasteiger charge is 2.22. The zero-order valence-corrected chi connectivity index (χ0v) is 13.9. The van der Waals surface area contributed by atoms with Crippen LogP contribution in [0.15, 0.2) is 73.3 Å². The minimum atomic E-state index is -0.789. The topological polar surface area (TPSA) is 64.7 Å². The molecule has 4 aromatic rings. The van der Waals surface area contributed by atoms with Crippen LogP contribution in [0.1, 0.15) is 10.4 Å². The van der Waals surface area contributed by atoms with Gasteiger partial charge in [0.15, 0.2) is 11.6 Å². The fraction of sp³-hybridized carbons (Fsp3) is 0. The lowest BCUT2D eigenvalue weighted by atomic mass is 10.2. The van der Waals surface area contributed by atoms with E-state index in [1.807, 2.05) is 0 Å². The third kappa shape index (κ3) is 3.20. The maximum Gasteiger partial charge on any atom is 0.262 e. The standard InChI is InChI=1S/C19H13F2N5O/c20-13-6-7-16(15(21)11-13)26-19(25-9-3-4-10-25)14(12-23-26)18(27)24-17-5-1-2-8-22-17/h1-12H,(H,22,24,27). The number of hydrogen-bond acceptors (Lipinski definition) is 3. The summed E-state index contributed by atoms with van der Waals surface area (Å²) in [5.74, 6) is -1.24. The zero-order chi connectivity index (χ0) is 18.8. The van der Waals surface area contributed by atoms with Crippen molar-refractivity contribution < 1.29 is 13.6 Å². The van der Waals surface area contributed by atoms with Crippen molar-refractivity contribution in [3.63, 3.8) is 0 Å². The van der Waals surface area contributed by atoms with Gasteiger partial charge in [0.2, 0.25) is 0 Å². The van der Waals surface area contributed by atoms with E-state index >= 15 is 0 Å². The number of pyridine rings is 1. The Balaban J connectivity index is 1.81. The van der Waals surface area contributed by atoms with Crippen LogP contribution in [0, 0.1) is 11.6 Å². The van der Waals surface area contributed by atoms with Gasteiger partial charge in [-0.15, -0.1) is 0 Å². The molecule has 3 heterocycles. The molecule has 0 fully saturated rings. The van der Waals surface area contributed by atoms with E-state index in [4.69, 9.17) is 0 Å². The summed E-state index contributed by atoms with van der Waals surface area (Å²) in [6, 6.07) is 11.8. The number of hydrogen-bond donors (Lipinski definition) is 1. The molecule has 0 aliphatic heterocycles. The smallest absolute Gasteiger partial charge is 0.262 e. The highest BCUT2D eigenvalue weighted by Crippen LogP contribution is 2.23. The number of carbonyl (C=O) groups excluding carboxylic acids is 1. The van der Waals surface area contributed by atoms with Gasteiger partial charge < -0.3 is 9.88 Å². The lowest BCUT2D eigenvalue weighted by Gasteiger charge is -2.11. The van der Waals surface area contributed by atoms with Crippen LogP contribution in [0.25, 0.3) is 11.5 Å². The minimum Gasteiger partial charge on any atom is -0.308 e. The Labute approximate surface area is 152 Å². The molecule has 8 heteroatoms. The van der Waals surface area contributed by atoms with Gasteiger partial charge in [0.25, 0.3) is 5.91 Å². The second-order valence-corrected chi connectivity index (χ2v) is 5.65. The average molecular weight is 365 g/mol. The molecule has 4 rings (SSSR count). The maximum atomic E-state index is 14.3. The van der Waals surface area contributed by atoms with E-state index in [9.17, 15) is 13.6 Å². The summed E-state index contributed by atoms with van der Waals surface area (Å²) in [5.41, 5.74) is 0.234. The molecule has 0 saturated heterocycles. The molecule has 1 amide bonds. The fourth-order valence-corrected chi connectivity index (χ4v) is 2.68. The number of carbonyl (C=O) groups is 1. The molecule has 1 N–H and O–H groups in total. The first-order valence-corrected chi connectivity index (χ1v) is 8.02. The number of aromatic nitrogens is 4. The van der Waals surface area contributed by atoms with Gasteiger partial charge in [-0.05, 0) is 36.4 Å². The Morgan fingerprint density at radius 3 is 2.56 bits per heavy atom. The van der Waals surface area contributed by atoms with Crippen molar-refractivity contribution in [3.05, 3.63) is 90.5 Å². The quantitative estimate of drug-likeness (QED) is 0.601. The normalized spacial score (nSPS) is 10.7. The summed E-state index contributed by atoms with van der Waals surface area (Å²) in [6.45, 7) is 0. The predicted molar refractivity (Wildman–Crippen MR) is 95.0 cm³/mol. The molecule has 0 unspecified atom stereocenters. The summed E-state index contributed by atoms with van der Waals surface area (Å²) < 4.78 is 30.4. The van der Waals surface area contributed by atoms with E-state index in [1.54, 1.807) is 53.5 Å². The van der Waals surface area contributed by atoms with Crippen molar-refractivity contribution in [1.82, 2.24) is 19.3 Å². The molecule has 134 valence electrons. The highest BCUT2D eigenvalue weighted by molar-refractivity contribution is 6.06. The fourth-order valence-electron chi connectivity index (χ4n) is 2.68. The molecular weight excluding hydrogens is 352 g/mol. The molecule has 0 radical (unpaired) electrons. The van der Waals surface area contributed by atoms with Gasteiger partial charge in [-0.1, -0.05) is 6.07 Å². The summed E-state index contributed by atoms with van der Waals surface area (Å²) in [4.78, 5) is 16.8. The molecule has 6 nitrogen and oxygen atoms in total. The highest BCUT2D eigenvalue weighted by atomic mass is 19.1. The molecule has 0 atom stereocenters.